The zero-order chi connectivity index (χ0) is 15.5. The average Bonchev–Trinajstić information content (AvgIpc) is 2.37. The first kappa shape index (κ1) is 15.5. The maximum absolute atomic E-state index is 12.1. The quantitative estimate of drug-likeness (QED) is 0.854. The predicted octanol–water partition coefficient (Wildman–Crippen LogP) is 5.03. The third kappa shape index (κ3) is 4.56. The molecule has 1 N–H and O–H groups in total. The average molecular weight is 315 g/mol. The highest BCUT2D eigenvalue weighted by atomic mass is 35.5. The van der Waals surface area contributed by atoms with Crippen LogP contribution in [-0.2, 0) is 6.54 Å². The highest BCUT2D eigenvalue weighted by molar-refractivity contribution is 6.31. The largest absolute Gasteiger partial charge is 0.573 e. The number of halogens is 4. The van der Waals surface area contributed by atoms with Crippen molar-refractivity contribution in [1.29, 1.82) is 0 Å². The molecule has 0 heterocycles. The molecule has 0 unspecified atom stereocenters. The van der Waals surface area contributed by atoms with Gasteiger partial charge < -0.3 is 10.1 Å². The first-order chi connectivity index (χ1) is 9.85. The lowest BCUT2D eigenvalue weighted by atomic mass is 10.1. The van der Waals surface area contributed by atoms with Crippen LogP contribution in [0.2, 0.25) is 5.02 Å². The zero-order valence-electron chi connectivity index (χ0n) is 10.9. The molecule has 0 saturated heterocycles. The van der Waals surface area contributed by atoms with E-state index in [1.54, 1.807) is 0 Å². The van der Waals surface area contributed by atoms with Gasteiger partial charge in [0.25, 0.3) is 0 Å². The molecule has 0 aliphatic rings. The van der Waals surface area contributed by atoms with Crippen molar-refractivity contribution >= 4 is 17.3 Å². The molecular formula is C15H12ClF3NO. The van der Waals surface area contributed by atoms with E-state index in [1.165, 1.54) is 12.1 Å². The van der Waals surface area contributed by atoms with Crippen molar-refractivity contribution in [2.75, 3.05) is 5.32 Å². The second-order valence-corrected chi connectivity index (χ2v) is 4.72. The van der Waals surface area contributed by atoms with Crippen molar-refractivity contribution in [2.45, 2.75) is 12.9 Å². The number of nitrogens with one attached hydrogen (secondary N) is 1. The van der Waals surface area contributed by atoms with Gasteiger partial charge in [0.15, 0.2) is 0 Å². The Balaban J connectivity index is 2.06. The fourth-order valence-electron chi connectivity index (χ4n) is 1.75. The summed E-state index contributed by atoms with van der Waals surface area (Å²) in [7, 11) is 0. The van der Waals surface area contributed by atoms with E-state index >= 15 is 0 Å². The fraction of sp³-hybridized carbons (Fsp3) is 0.133. The van der Waals surface area contributed by atoms with Crippen molar-refractivity contribution in [3.05, 3.63) is 65.5 Å². The molecular weight excluding hydrogens is 303 g/mol. The van der Waals surface area contributed by atoms with Gasteiger partial charge in [-0.2, -0.15) is 0 Å². The third-order valence-corrected chi connectivity index (χ3v) is 3.10. The summed E-state index contributed by atoms with van der Waals surface area (Å²) in [5, 5.41) is 3.33. The van der Waals surface area contributed by atoms with Gasteiger partial charge in [0, 0.05) is 17.3 Å². The van der Waals surface area contributed by atoms with Crippen molar-refractivity contribution in [3.63, 3.8) is 0 Å². The van der Waals surface area contributed by atoms with Gasteiger partial charge in [-0.25, -0.2) is 0 Å². The van der Waals surface area contributed by atoms with Gasteiger partial charge in [-0.15, -0.1) is 13.2 Å². The number of hydrogen-bond donors (Lipinski definition) is 1. The SMILES string of the molecule is [CH2]c1ccccc1NCc1ccc(OC(F)(F)F)cc1Cl. The summed E-state index contributed by atoms with van der Waals surface area (Å²) in [4.78, 5) is 0. The van der Waals surface area contributed by atoms with E-state index < -0.39 is 6.36 Å². The van der Waals surface area contributed by atoms with E-state index in [0.717, 1.165) is 17.3 Å². The Morgan fingerprint density at radius 2 is 1.86 bits per heavy atom. The second-order valence-electron chi connectivity index (χ2n) is 4.31. The molecule has 111 valence electrons. The molecule has 2 aromatic carbocycles. The Kier molecular flexibility index (Phi) is 4.63. The Morgan fingerprint density at radius 1 is 1.14 bits per heavy atom. The maximum Gasteiger partial charge on any atom is 0.573 e. The molecule has 0 saturated carbocycles. The smallest absolute Gasteiger partial charge is 0.406 e. The van der Waals surface area contributed by atoms with E-state index in [9.17, 15) is 13.2 Å². The van der Waals surface area contributed by atoms with Gasteiger partial charge in [0.2, 0.25) is 0 Å². The number of hydrogen-bond acceptors (Lipinski definition) is 2. The molecule has 0 spiro atoms. The Bertz CT molecular complexity index is 629. The van der Waals surface area contributed by atoms with Gasteiger partial charge in [-0.1, -0.05) is 35.9 Å². The number of benzene rings is 2. The zero-order valence-corrected chi connectivity index (χ0v) is 11.6. The lowest BCUT2D eigenvalue weighted by Crippen LogP contribution is -2.17. The van der Waals surface area contributed by atoms with Crippen molar-refractivity contribution in [3.8, 4) is 5.75 Å². The van der Waals surface area contributed by atoms with Crippen molar-refractivity contribution in [2.24, 2.45) is 0 Å². The van der Waals surface area contributed by atoms with E-state index in [2.05, 4.69) is 17.0 Å². The number of ether oxygens (including phenoxy) is 1. The third-order valence-electron chi connectivity index (χ3n) is 2.74. The molecule has 2 nitrogen and oxygen atoms in total. The fourth-order valence-corrected chi connectivity index (χ4v) is 1.99. The van der Waals surface area contributed by atoms with Crippen LogP contribution in [-0.4, -0.2) is 6.36 Å². The van der Waals surface area contributed by atoms with Crippen LogP contribution in [0.4, 0.5) is 18.9 Å². The minimum absolute atomic E-state index is 0.200. The van der Waals surface area contributed by atoms with Crippen molar-refractivity contribution in [1.82, 2.24) is 0 Å². The van der Waals surface area contributed by atoms with Crippen LogP contribution in [0.1, 0.15) is 11.1 Å². The summed E-state index contributed by atoms with van der Waals surface area (Å²) < 4.78 is 40.1. The minimum Gasteiger partial charge on any atom is -0.406 e. The van der Waals surface area contributed by atoms with E-state index in [1.807, 2.05) is 24.3 Å². The molecule has 6 heteroatoms. The Labute approximate surface area is 125 Å². The first-order valence-corrected chi connectivity index (χ1v) is 6.42. The number of rotatable bonds is 4. The minimum atomic E-state index is -4.73. The molecule has 0 bridgehead atoms. The van der Waals surface area contributed by atoms with Crippen LogP contribution in [0.3, 0.4) is 0 Å². The molecule has 0 amide bonds. The second kappa shape index (κ2) is 6.26. The number of para-hydroxylation sites is 1. The molecule has 2 aromatic rings. The number of anilines is 1. The van der Waals surface area contributed by atoms with Crippen LogP contribution >= 0.6 is 11.6 Å². The van der Waals surface area contributed by atoms with Crippen LogP contribution < -0.4 is 10.1 Å². The highest BCUT2D eigenvalue weighted by Crippen LogP contribution is 2.28. The summed E-state index contributed by atoms with van der Waals surface area (Å²) in [5.74, 6) is -0.339. The van der Waals surface area contributed by atoms with Gasteiger partial charge in [0.05, 0.1) is 0 Å². The number of alkyl halides is 3. The van der Waals surface area contributed by atoms with Crippen LogP contribution in [0.25, 0.3) is 0 Å². The van der Waals surface area contributed by atoms with Crippen molar-refractivity contribution < 1.29 is 17.9 Å². The molecule has 1 radical (unpaired) electrons. The molecule has 0 aromatic heterocycles. The molecule has 21 heavy (non-hydrogen) atoms. The van der Waals surface area contributed by atoms with Gasteiger partial charge in [0.1, 0.15) is 5.75 Å². The van der Waals surface area contributed by atoms with E-state index in [0.29, 0.717) is 12.1 Å². The van der Waals surface area contributed by atoms with Crippen LogP contribution in [0, 0.1) is 6.92 Å². The normalized spacial score (nSPS) is 11.3. The van der Waals surface area contributed by atoms with Gasteiger partial charge in [-0.3, -0.25) is 0 Å². The molecule has 0 aliphatic carbocycles. The van der Waals surface area contributed by atoms with E-state index in [-0.39, 0.29) is 10.8 Å². The topological polar surface area (TPSA) is 21.3 Å². The summed E-state index contributed by atoms with van der Waals surface area (Å²) in [6.07, 6.45) is -4.73. The molecule has 0 fully saturated rings. The summed E-state index contributed by atoms with van der Waals surface area (Å²) in [6, 6.07) is 11.3. The maximum atomic E-state index is 12.1. The first-order valence-electron chi connectivity index (χ1n) is 6.04. The summed E-state index contributed by atoms with van der Waals surface area (Å²) in [5.41, 5.74) is 2.32. The summed E-state index contributed by atoms with van der Waals surface area (Å²) in [6.45, 7) is 4.24. The van der Waals surface area contributed by atoms with Gasteiger partial charge in [-0.05, 0) is 36.2 Å². The highest BCUT2D eigenvalue weighted by Gasteiger charge is 2.31. The van der Waals surface area contributed by atoms with Crippen LogP contribution in [0.5, 0.6) is 5.75 Å². The molecule has 2 rings (SSSR count). The van der Waals surface area contributed by atoms with Crippen LogP contribution in [0.15, 0.2) is 42.5 Å². The predicted molar refractivity (Wildman–Crippen MR) is 76.4 cm³/mol. The molecule has 0 atom stereocenters. The van der Waals surface area contributed by atoms with E-state index in [4.69, 9.17) is 11.6 Å². The van der Waals surface area contributed by atoms with Gasteiger partial charge >= 0.3 is 6.36 Å². The monoisotopic (exact) mass is 314 g/mol. The Morgan fingerprint density at radius 3 is 2.48 bits per heavy atom. The lowest BCUT2D eigenvalue weighted by molar-refractivity contribution is -0.274. The summed E-state index contributed by atoms with van der Waals surface area (Å²) >= 11 is 5.96. The lowest BCUT2D eigenvalue weighted by Gasteiger charge is -2.13. The molecule has 0 aliphatic heterocycles. The Hall–Kier alpha value is -1.88. The standard InChI is InChI=1S/C15H12ClF3NO/c1-10-4-2-3-5-14(10)20-9-11-6-7-12(8-13(11)16)21-15(17,18)19/h2-8,20H,1,9H2.